The molecule has 6 heteroatoms. The van der Waals surface area contributed by atoms with Gasteiger partial charge in [-0.05, 0) is 68.1 Å². The third-order valence-corrected chi connectivity index (χ3v) is 6.69. The van der Waals surface area contributed by atoms with Crippen molar-refractivity contribution in [2.75, 3.05) is 4.72 Å². The van der Waals surface area contributed by atoms with Crippen molar-refractivity contribution in [2.24, 2.45) is 0 Å². The summed E-state index contributed by atoms with van der Waals surface area (Å²) in [4.78, 5) is 13.1. The van der Waals surface area contributed by atoms with Gasteiger partial charge in [-0.1, -0.05) is 55.0 Å². The maximum atomic E-state index is 13.0. The molecule has 3 aromatic carbocycles. The molecule has 3 aromatic rings. The number of sulfonamides is 1. The van der Waals surface area contributed by atoms with Crippen molar-refractivity contribution in [3.8, 4) is 0 Å². The minimum Gasteiger partial charge on any atom is -0.345 e. The van der Waals surface area contributed by atoms with Crippen LogP contribution < -0.4 is 10.0 Å². The normalized spacial score (nSPS) is 12.3. The Morgan fingerprint density at radius 3 is 2.26 bits per heavy atom. The number of hydrogen-bond donors (Lipinski definition) is 2. The summed E-state index contributed by atoms with van der Waals surface area (Å²) in [6.07, 6.45) is 0.745. The van der Waals surface area contributed by atoms with Crippen LogP contribution in [0.3, 0.4) is 0 Å². The Balaban J connectivity index is 1.84. The molecular weight excluding hydrogens is 408 g/mol. The molecule has 0 radical (unpaired) electrons. The largest absolute Gasteiger partial charge is 0.345 e. The number of carbonyl (C=O) groups excluding carboxylic acids is 1. The van der Waals surface area contributed by atoms with Gasteiger partial charge in [-0.15, -0.1) is 0 Å². The monoisotopic (exact) mass is 436 g/mol. The number of hydrogen-bond acceptors (Lipinski definition) is 3. The van der Waals surface area contributed by atoms with E-state index in [1.165, 1.54) is 17.7 Å². The van der Waals surface area contributed by atoms with Crippen LogP contribution in [0.2, 0.25) is 0 Å². The van der Waals surface area contributed by atoms with E-state index >= 15 is 0 Å². The van der Waals surface area contributed by atoms with Crippen molar-refractivity contribution < 1.29 is 13.2 Å². The molecule has 1 amide bonds. The van der Waals surface area contributed by atoms with Crippen molar-refractivity contribution in [3.63, 3.8) is 0 Å². The minimum atomic E-state index is -3.74. The average Bonchev–Trinajstić information content (AvgIpc) is 2.74. The SMILES string of the molecule is CC[C@@H](NC(=O)c1ccc(C)c(NS(=O)(=O)c2ccccc2)c1)c1ccc(C)cc1C. The Morgan fingerprint density at radius 2 is 1.61 bits per heavy atom. The van der Waals surface area contributed by atoms with E-state index in [9.17, 15) is 13.2 Å². The number of amides is 1. The highest BCUT2D eigenvalue weighted by Crippen LogP contribution is 2.24. The lowest BCUT2D eigenvalue weighted by Crippen LogP contribution is -2.28. The van der Waals surface area contributed by atoms with Gasteiger partial charge in [0, 0.05) is 5.56 Å². The fraction of sp³-hybridized carbons (Fsp3) is 0.240. The Labute approximate surface area is 184 Å². The minimum absolute atomic E-state index is 0.126. The van der Waals surface area contributed by atoms with Gasteiger partial charge in [0.15, 0.2) is 0 Å². The highest BCUT2D eigenvalue weighted by atomic mass is 32.2. The highest BCUT2D eigenvalue weighted by Gasteiger charge is 2.19. The van der Waals surface area contributed by atoms with E-state index in [-0.39, 0.29) is 16.8 Å². The number of nitrogens with one attached hydrogen (secondary N) is 2. The molecule has 0 aliphatic carbocycles. The molecule has 3 rings (SSSR count). The molecule has 0 unspecified atom stereocenters. The molecule has 2 N–H and O–H groups in total. The number of carbonyl (C=O) groups is 1. The van der Waals surface area contributed by atoms with E-state index in [4.69, 9.17) is 0 Å². The fourth-order valence-electron chi connectivity index (χ4n) is 3.53. The van der Waals surface area contributed by atoms with E-state index in [1.807, 2.05) is 32.9 Å². The highest BCUT2D eigenvalue weighted by molar-refractivity contribution is 7.92. The fourth-order valence-corrected chi connectivity index (χ4v) is 4.68. The van der Waals surface area contributed by atoms with Gasteiger partial charge in [-0.2, -0.15) is 0 Å². The van der Waals surface area contributed by atoms with Crippen LogP contribution in [0.15, 0.2) is 71.6 Å². The quantitative estimate of drug-likeness (QED) is 0.528. The predicted molar refractivity (Wildman–Crippen MR) is 125 cm³/mol. The Bertz CT molecular complexity index is 1190. The zero-order valence-electron chi connectivity index (χ0n) is 18.3. The topological polar surface area (TPSA) is 75.3 Å². The summed E-state index contributed by atoms with van der Waals surface area (Å²) in [5, 5.41) is 3.08. The van der Waals surface area contributed by atoms with Crippen LogP contribution in [0, 0.1) is 20.8 Å². The van der Waals surface area contributed by atoms with E-state index in [0.717, 1.165) is 23.1 Å². The maximum absolute atomic E-state index is 13.0. The lowest BCUT2D eigenvalue weighted by atomic mass is 9.97. The van der Waals surface area contributed by atoms with E-state index in [1.54, 1.807) is 43.3 Å². The molecular formula is C25H28N2O3S. The maximum Gasteiger partial charge on any atom is 0.261 e. The Hall–Kier alpha value is -3.12. The molecule has 0 spiro atoms. The molecule has 0 fully saturated rings. The van der Waals surface area contributed by atoms with Crippen molar-refractivity contribution in [1.82, 2.24) is 5.32 Å². The van der Waals surface area contributed by atoms with Gasteiger partial charge < -0.3 is 5.32 Å². The number of anilines is 1. The van der Waals surface area contributed by atoms with Crippen molar-refractivity contribution in [1.29, 1.82) is 0 Å². The predicted octanol–water partition coefficient (Wildman–Crippen LogP) is 5.29. The average molecular weight is 437 g/mol. The molecule has 162 valence electrons. The zero-order valence-corrected chi connectivity index (χ0v) is 19.1. The van der Waals surface area contributed by atoms with E-state index in [0.29, 0.717) is 11.3 Å². The molecule has 31 heavy (non-hydrogen) atoms. The van der Waals surface area contributed by atoms with Crippen LogP contribution in [0.1, 0.15) is 52.0 Å². The van der Waals surface area contributed by atoms with Crippen LogP contribution in [-0.4, -0.2) is 14.3 Å². The standard InChI is InChI=1S/C25H28N2O3S/c1-5-23(22-14-11-17(2)15-19(22)4)26-25(28)20-13-12-18(3)24(16-20)27-31(29,30)21-9-7-6-8-10-21/h6-16,23,27H,5H2,1-4H3,(H,26,28)/t23-/m1/s1. The Morgan fingerprint density at radius 1 is 0.903 bits per heavy atom. The van der Waals surface area contributed by atoms with Crippen LogP contribution in [0.4, 0.5) is 5.69 Å². The first kappa shape index (κ1) is 22.6. The summed E-state index contributed by atoms with van der Waals surface area (Å²) in [5.74, 6) is -0.244. The first-order valence-corrected chi connectivity index (χ1v) is 11.8. The first-order valence-electron chi connectivity index (χ1n) is 10.3. The molecule has 0 bridgehead atoms. The number of benzene rings is 3. The van der Waals surface area contributed by atoms with Gasteiger partial charge in [0.05, 0.1) is 16.6 Å². The van der Waals surface area contributed by atoms with Crippen molar-refractivity contribution in [2.45, 2.75) is 45.1 Å². The third kappa shape index (κ3) is 5.33. The van der Waals surface area contributed by atoms with Crippen molar-refractivity contribution >= 4 is 21.6 Å². The first-order chi connectivity index (χ1) is 14.7. The molecule has 0 saturated carbocycles. The second-order valence-electron chi connectivity index (χ2n) is 7.74. The smallest absolute Gasteiger partial charge is 0.261 e. The molecule has 5 nitrogen and oxygen atoms in total. The Kier molecular flexibility index (Phi) is 6.81. The van der Waals surface area contributed by atoms with Crippen LogP contribution in [-0.2, 0) is 10.0 Å². The molecule has 0 saturated heterocycles. The third-order valence-electron chi connectivity index (χ3n) is 5.31. The number of aryl methyl sites for hydroxylation is 3. The molecule has 0 aliphatic rings. The molecule has 0 aromatic heterocycles. The second-order valence-corrected chi connectivity index (χ2v) is 9.42. The van der Waals surface area contributed by atoms with Crippen LogP contribution >= 0.6 is 0 Å². The summed E-state index contributed by atoms with van der Waals surface area (Å²) in [6.45, 7) is 7.91. The summed E-state index contributed by atoms with van der Waals surface area (Å²) in [6, 6.07) is 19.3. The lowest BCUT2D eigenvalue weighted by Gasteiger charge is -2.20. The number of rotatable bonds is 7. The molecule has 0 heterocycles. The second kappa shape index (κ2) is 9.35. The van der Waals surface area contributed by atoms with Crippen LogP contribution in [0.25, 0.3) is 0 Å². The van der Waals surface area contributed by atoms with Gasteiger partial charge in [0.2, 0.25) is 0 Å². The summed E-state index contributed by atoms with van der Waals surface area (Å²) in [7, 11) is -3.74. The summed E-state index contributed by atoms with van der Waals surface area (Å²) >= 11 is 0. The van der Waals surface area contributed by atoms with Gasteiger partial charge in [0.25, 0.3) is 15.9 Å². The van der Waals surface area contributed by atoms with Gasteiger partial charge in [-0.3, -0.25) is 9.52 Å². The van der Waals surface area contributed by atoms with Crippen LogP contribution in [0.5, 0.6) is 0 Å². The summed E-state index contributed by atoms with van der Waals surface area (Å²) in [5.41, 5.74) is 4.91. The van der Waals surface area contributed by atoms with Gasteiger partial charge in [0.1, 0.15) is 0 Å². The lowest BCUT2D eigenvalue weighted by molar-refractivity contribution is 0.0935. The molecule has 1 atom stereocenters. The summed E-state index contributed by atoms with van der Waals surface area (Å²) < 4.78 is 28.0. The van der Waals surface area contributed by atoms with Gasteiger partial charge in [-0.25, -0.2) is 8.42 Å². The van der Waals surface area contributed by atoms with E-state index in [2.05, 4.69) is 16.1 Å². The van der Waals surface area contributed by atoms with Crippen molar-refractivity contribution in [3.05, 3.63) is 94.5 Å². The van der Waals surface area contributed by atoms with Gasteiger partial charge >= 0.3 is 0 Å². The molecule has 0 aliphatic heterocycles. The zero-order chi connectivity index (χ0) is 22.6. The van der Waals surface area contributed by atoms with E-state index < -0.39 is 10.0 Å².